The summed E-state index contributed by atoms with van der Waals surface area (Å²) in [6.07, 6.45) is 7.48. The lowest BCUT2D eigenvalue weighted by Gasteiger charge is -2.27. The van der Waals surface area contributed by atoms with Gasteiger partial charge in [-0.05, 0) is 66.2 Å². The minimum Gasteiger partial charge on any atom is -0.348 e. The number of nitrogens with one attached hydrogen (secondary N) is 2. The van der Waals surface area contributed by atoms with Crippen LogP contribution >= 0.6 is 11.8 Å². The number of imidazole rings is 1. The quantitative estimate of drug-likeness (QED) is 0.222. The molecule has 10 heteroatoms. The van der Waals surface area contributed by atoms with Gasteiger partial charge in [0.25, 0.3) is 11.8 Å². The molecule has 1 saturated heterocycles. The fourth-order valence-corrected chi connectivity index (χ4v) is 5.71. The normalized spacial score (nSPS) is 13.0. The molecule has 1 aliphatic heterocycles. The molecule has 5 aromatic rings. The highest BCUT2D eigenvalue weighted by Gasteiger charge is 2.17. The Bertz CT molecular complexity index is 1830. The van der Waals surface area contributed by atoms with E-state index < -0.39 is 0 Å². The van der Waals surface area contributed by atoms with Crippen LogP contribution in [0.25, 0.3) is 5.65 Å². The second-order valence-corrected chi connectivity index (χ2v) is 11.3. The number of hydrogen-bond donors (Lipinski definition) is 2. The van der Waals surface area contributed by atoms with E-state index in [0.29, 0.717) is 36.5 Å². The van der Waals surface area contributed by atoms with E-state index in [9.17, 15) is 9.59 Å². The highest BCUT2D eigenvalue weighted by Crippen LogP contribution is 2.27. The van der Waals surface area contributed by atoms with Crippen LogP contribution in [0.15, 0.2) is 90.3 Å². The maximum atomic E-state index is 13.1. The highest BCUT2D eigenvalue weighted by atomic mass is 32.2. The molecule has 4 heterocycles. The third kappa shape index (κ3) is 6.97. The molecule has 6 rings (SSSR count). The summed E-state index contributed by atoms with van der Waals surface area (Å²) in [6.45, 7) is 3.44. The average molecular weight is 590 g/mol. The van der Waals surface area contributed by atoms with Gasteiger partial charge in [-0.2, -0.15) is 5.10 Å². The molecule has 0 aliphatic carbocycles. The van der Waals surface area contributed by atoms with Gasteiger partial charge in [0.15, 0.2) is 0 Å². The summed E-state index contributed by atoms with van der Waals surface area (Å²) in [5, 5.41) is 10.8. The van der Waals surface area contributed by atoms with E-state index in [2.05, 4.69) is 32.6 Å². The van der Waals surface area contributed by atoms with Gasteiger partial charge in [0.2, 0.25) is 0 Å². The van der Waals surface area contributed by atoms with Gasteiger partial charge in [-0.1, -0.05) is 11.8 Å². The van der Waals surface area contributed by atoms with Crippen molar-refractivity contribution in [3.8, 4) is 11.8 Å². The fourth-order valence-electron chi connectivity index (χ4n) is 4.82. The summed E-state index contributed by atoms with van der Waals surface area (Å²) < 4.78 is 3.71. The van der Waals surface area contributed by atoms with E-state index in [-0.39, 0.29) is 11.8 Å². The number of hydrogen-bond acceptors (Lipinski definition) is 6. The van der Waals surface area contributed by atoms with Crippen LogP contribution in [0, 0.1) is 11.8 Å². The van der Waals surface area contributed by atoms with Crippen LogP contribution in [0.5, 0.6) is 0 Å². The third-order valence-electron chi connectivity index (χ3n) is 7.18. The predicted molar refractivity (Wildman–Crippen MR) is 167 cm³/mol. The molecule has 0 bridgehead atoms. The third-order valence-corrected chi connectivity index (χ3v) is 8.29. The second kappa shape index (κ2) is 13.0. The molecular formula is C33H31N7O2S. The standard InChI is InChI=1S/C33H31N7O2S/c1-38-15-11-29(37-38)23-43-30-9-8-28(32(41)36-22-25-10-16-39-19-14-35-31(39)20-25)21-27(30)7-4-24-2-5-26(6-3-24)33(42)40-17-12-34-13-18-40/h2-3,5-6,8-11,14-16,19-21,34H,12-13,17-18,22-23H2,1H3,(H,36,41). The number of thioether (sulfide) groups is 1. The van der Waals surface area contributed by atoms with Gasteiger partial charge in [0.05, 0.1) is 5.69 Å². The van der Waals surface area contributed by atoms with Gasteiger partial charge in [-0.3, -0.25) is 14.3 Å². The van der Waals surface area contributed by atoms with E-state index in [1.165, 1.54) is 0 Å². The van der Waals surface area contributed by atoms with Crippen molar-refractivity contribution in [1.29, 1.82) is 0 Å². The van der Waals surface area contributed by atoms with Gasteiger partial charge < -0.3 is 19.9 Å². The number of piperazine rings is 1. The summed E-state index contributed by atoms with van der Waals surface area (Å²) in [7, 11) is 1.90. The van der Waals surface area contributed by atoms with E-state index in [1.54, 1.807) is 22.6 Å². The van der Waals surface area contributed by atoms with Gasteiger partial charge >= 0.3 is 0 Å². The Balaban J connectivity index is 1.20. The fraction of sp³-hybridized carbons (Fsp3) is 0.212. The Labute approximate surface area is 254 Å². The first-order valence-electron chi connectivity index (χ1n) is 14.1. The Morgan fingerprint density at radius 2 is 1.77 bits per heavy atom. The lowest BCUT2D eigenvalue weighted by molar-refractivity contribution is 0.0735. The van der Waals surface area contributed by atoms with Crippen LogP contribution in [-0.4, -0.2) is 62.1 Å². The number of rotatable bonds is 7. The smallest absolute Gasteiger partial charge is 0.253 e. The first-order valence-corrected chi connectivity index (χ1v) is 15.1. The van der Waals surface area contributed by atoms with Crippen molar-refractivity contribution in [3.63, 3.8) is 0 Å². The van der Waals surface area contributed by atoms with E-state index >= 15 is 0 Å². The zero-order valence-corrected chi connectivity index (χ0v) is 24.6. The van der Waals surface area contributed by atoms with Crippen molar-refractivity contribution in [2.45, 2.75) is 17.2 Å². The van der Waals surface area contributed by atoms with Crippen molar-refractivity contribution in [2.75, 3.05) is 26.2 Å². The molecule has 2 amide bonds. The van der Waals surface area contributed by atoms with Crippen LogP contribution in [0.3, 0.4) is 0 Å². The molecule has 2 N–H and O–H groups in total. The molecule has 0 unspecified atom stereocenters. The van der Waals surface area contributed by atoms with Crippen LogP contribution in [0.2, 0.25) is 0 Å². The van der Waals surface area contributed by atoms with Crippen LogP contribution in [0.4, 0.5) is 0 Å². The van der Waals surface area contributed by atoms with E-state index in [1.807, 2.05) is 95.6 Å². The van der Waals surface area contributed by atoms with Gasteiger partial charge in [-0.15, -0.1) is 11.8 Å². The van der Waals surface area contributed by atoms with E-state index in [0.717, 1.165) is 46.0 Å². The van der Waals surface area contributed by atoms with Gasteiger partial charge in [-0.25, -0.2) is 4.98 Å². The Kier molecular flexibility index (Phi) is 8.54. The summed E-state index contributed by atoms with van der Waals surface area (Å²) >= 11 is 1.63. The van der Waals surface area contributed by atoms with Gasteiger partial charge in [0, 0.05) is 97.5 Å². The molecule has 43 heavy (non-hydrogen) atoms. The molecule has 9 nitrogen and oxygen atoms in total. The molecule has 2 aromatic carbocycles. The molecular weight excluding hydrogens is 558 g/mol. The molecule has 1 aliphatic rings. The summed E-state index contributed by atoms with van der Waals surface area (Å²) in [6, 6.07) is 18.9. The maximum absolute atomic E-state index is 13.1. The molecule has 0 spiro atoms. The Morgan fingerprint density at radius 3 is 2.56 bits per heavy atom. The highest BCUT2D eigenvalue weighted by molar-refractivity contribution is 7.98. The Hall–Kier alpha value is -4.85. The maximum Gasteiger partial charge on any atom is 0.253 e. The molecule has 0 atom stereocenters. The number of aromatic nitrogens is 4. The van der Waals surface area contributed by atoms with Crippen molar-refractivity contribution >= 4 is 29.2 Å². The summed E-state index contributed by atoms with van der Waals surface area (Å²) in [5.41, 5.74) is 5.51. The summed E-state index contributed by atoms with van der Waals surface area (Å²) in [5.74, 6) is 7.05. The number of aryl methyl sites for hydroxylation is 1. The van der Waals surface area contributed by atoms with Crippen molar-refractivity contribution in [1.82, 2.24) is 34.7 Å². The molecule has 0 saturated carbocycles. The molecule has 1 fully saturated rings. The van der Waals surface area contributed by atoms with Crippen molar-refractivity contribution < 1.29 is 9.59 Å². The number of fused-ring (bicyclic) bond motifs is 1. The number of carbonyl (C=O) groups excluding carboxylic acids is 2. The monoisotopic (exact) mass is 589 g/mol. The van der Waals surface area contributed by atoms with E-state index in [4.69, 9.17) is 0 Å². The number of nitrogens with zero attached hydrogens (tertiary/aromatic N) is 5. The number of carbonyl (C=O) groups is 2. The minimum absolute atomic E-state index is 0.0395. The minimum atomic E-state index is -0.177. The lowest BCUT2D eigenvalue weighted by atomic mass is 10.1. The summed E-state index contributed by atoms with van der Waals surface area (Å²) in [4.78, 5) is 33.1. The molecule has 216 valence electrons. The largest absolute Gasteiger partial charge is 0.348 e. The van der Waals surface area contributed by atoms with Crippen LogP contribution < -0.4 is 10.6 Å². The second-order valence-electron chi connectivity index (χ2n) is 10.3. The predicted octanol–water partition coefficient (Wildman–Crippen LogP) is 3.74. The number of pyridine rings is 1. The zero-order chi connectivity index (χ0) is 29.6. The number of amides is 2. The van der Waals surface area contributed by atoms with Crippen LogP contribution in [0.1, 0.15) is 43.1 Å². The Morgan fingerprint density at radius 1 is 0.953 bits per heavy atom. The van der Waals surface area contributed by atoms with Crippen molar-refractivity contribution in [3.05, 3.63) is 119 Å². The number of benzene rings is 2. The average Bonchev–Trinajstić information content (AvgIpc) is 3.70. The molecule has 3 aromatic heterocycles. The van der Waals surface area contributed by atoms with Gasteiger partial charge in [0.1, 0.15) is 5.65 Å². The lowest BCUT2D eigenvalue weighted by Crippen LogP contribution is -2.46. The SMILES string of the molecule is Cn1ccc(CSc2ccc(C(=O)NCc3ccn4ccnc4c3)cc2C#Cc2ccc(C(=O)N3CCNCC3)cc2)n1. The topological polar surface area (TPSA) is 96.6 Å². The zero-order valence-electron chi connectivity index (χ0n) is 23.8. The first-order chi connectivity index (χ1) is 21.0. The first kappa shape index (κ1) is 28.3. The van der Waals surface area contributed by atoms with Crippen LogP contribution in [-0.2, 0) is 19.3 Å². The molecule has 0 radical (unpaired) electrons. The van der Waals surface area contributed by atoms with Crippen molar-refractivity contribution in [2.24, 2.45) is 7.05 Å².